The van der Waals surface area contributed by atoms with E-state index < -0.39 is 70.8 Å². The van der Waals surface area contributed by atoms with E-state index in [1.807, 2.05) is 48.5 Å². The van der Waals surface area contributed by atoms with Gasteiger partial charge in [0.15, 0.2) is 11.6 Å². The van der Waals surface area contributed by atoms with Crippen LogP contribution in [-0.2, 0) is 60.9 Å². The maximum atomic E-state index is 13.4. The third kappa shape index (κ3) is 39.8. The number of ether oxygens (including phenoxy) is 5. The van der Waals surface area contributed by atoms with Gasteiger partial charge in [-0.05, 0) is 139 Å². The summed E-state index contributed by atoms with van der Waals surface area (Å²) in [6.45, 7) is 27.6. The number of anilines is 2. The zero-order chi connectivity index (χ0) is 81.9. The molecule has 2 fully saturated rings. The number of urea groups is 2. The van der Waals surface area contributed by atoms with Crippen LogP contribution in [0.3, 0.4) is 0 Å². The first kappa shape index (κ1) is 94.1. The van der Waals surface area contributed by atoms with Crippen molar-refractivity contribution in [1.29, 1.82) is 0 Å². The molecule has 4 atom stereocenters. The number of primary amides is 2. The summed E-state index contributed by atoms with van der Waals surface area (Å²) in [7, 11) is 0. The van der Waals surface area contributed by atoms with E-state index in [0.717, 1.165) is 77.5 Å². The van der Waals surface area contributed by atoms with E-state index in [-0.39, 0.29) is 110 Å². The van der Waals surface area contributed by atoms with Gasteiger partial charge in [-0.2, -0.15) is 0 Å². The number of unbranched alkanes of at least 4 members (excludes halogenated alkanes) is 6. The van der Waals surface area contributed by atoms with E-state index in [1.54, 1.807) is 84.0 Å². The van der Waals surface area contributed by atoms with Gasteiger partial charge in [0, 0.05) is 126 Å². The van der Waals surface area contributed by atoms with E-state index >= 15 is 0 Å². The molecule has 0 bridgehead atoms. The SMILES string of the molecule is CC(C)(C)OC(=O)N1CCNCC1.CCCCCCC(=O)N[C@H](C(=O)C[C@@H](CCCNC(N)=O)C(=O)Nc1ccc(COC(=O)N2CCN(C(=O)OC(C)(C)C)CC2)cc1)C(C)C.CCCCCCC(=O)N[C@H](C(=O)C[C@@H](CCCNC(N)=O)C(=O)Nc1ccc(COC(=O)Oc2ccc([N+](=O)[O-])cc2)cc1)C(C)C. The molecule has 2 saturated heterocycles. The van der Waals surface area contributed by atoms with Gasteiger partial charge in [0.2, 0.25) is 23.6 Å². The minimum atomic E-state index is -0.998. The Morgan fingerprint density at radius 3 is 1.25 bits per heavy atom. The monoisotopic (exact) mass is 1540 g/mol. The molecule has 3 aromatic rings. The number of Topliss-reactive ketones (excluding diaryl/α,β-unsaturated/α-hetero) is 2. The van der Waals surface area contributed by atoms with Crippen molar-refractivity contribution in [1.82, 2.24) is 41.3 Å². The lowest BCUT2D eigenvalue weighted by atomic mass is 9.89. The number of nitrogens with two attached hydrogens (primary N) is 2. The highest BCUT2D eigenvalue weighted by molar-refractivity contribution is 5.98. The number of piperazine rings is 2. The fourth-order valence-electron chi connectivity index (χ4n) is 11.2. The Morgan fingerprint density at radius 1 is 0.509 bits per heavy atom. The van der Waals surface area contributed by atoms with Gasteiger partial charge >= 0.3 is 36.5 Å². The second-order valence-corrected chi connectivity index (χ2v) is 29.8. The fourth-order valence-corrected chi connectivity index (χ4v) is 11.2. The first-order valence-corrected chi connectivity index (χ1v) is 38.1. The summed E-state index contributed by atoms with van der Waals surface area (Å²) in [5, 5.41) is 30.3. The Balaban J connectivity index is 0.000000489. The van der Waals surface area contributed by atoms with Crippen LogP contribution >= 0.6 is 0 Å². The van der Waals surface area contributed by atoms with Crippen LogP contribution in [0.15, 0.2) is 72.8 Å². The van der Waals surface area contributed by atoms with Crippen molar-refractivity contribution in [3.05, 3.63) is 94.0 Å². The number of benzene rings is 3. The molecule has 3 aromatic carbocycles. The molecule has 11 amide bonds. The number of nitrogens with zero attached hydrogens (tertiary/aromatic N) is 4. The molecule has 0 radical (unpaired) electrons. The zero-order valence-electron chi connectivity index (χ0n) is 66.4. The molecule has 612 valence electrons. The molecular formula is C78H121N13O19. The topological polar surface area (TPSA) is 440 Å². The van der Waals surface area contributed by atoms with Crippen molar-refractivity contribution in [2.75, 3.05) is 76.1 Å². The van der Waals surface area contributed by atoms with Crippen LogP contribution < -0.4 is 53.4 Å². The van der Waals surface area contributed by atoms with Crippen molar-refractivity contribution < 1.29 is 86.1 Å². The van der Waals surface area contributed by atoms with Gasteiger partial charge in [-0.1, -0.05) is 104 Å². The third-order valence-corrected chi connectivity index (χ3v) is 17.2. The predicted octanol–water partition coefficient (Wildman–Crippen LogP) is 11.2. The number of carbonyl (C=O) groups is 12. The van der Waals surface area contributed by atoms with E-state index in [2.05, 4.69) is 51.1 Å². The van der Waals surface area contributed by atoms with Crippen molar-refractivity contribution in [2.45, 2.75) is 222 Å². The highest BCUT2D eigenvalue weighted by atomic mass is 16.7. The summed E-state index contributed by atoms with van der Waals surface area (Å²) in [4.78, 5) is 164. The second-order valence-electron chi connectivity index (χ2n) is 29.8. The minimum Gasteiger partial charge on any atom is -0.445 e. The summed E-state index contributed by atoms with van der Waals surface area (Å²) in [5.41, 5.74) is 11.4. The molecule has 2 heterocycles. The summed E-state index contributed by atoms with van der Waals surface area (Å²) < 4.78 is 26.2. The standard InChI is InChI=1S/C36H58N6O8.C33H45N5O9.C9H18N2O2/c1-7-8-9-10-13-30(44)40-31(25(2)3)29(43)23-27(12-11-18-38-33(37)46)32(45)39-28-16-14-26(15-17-28)24-49-34(47)41-19-21-42(22-20-41)35(48)50-36(4,5)6;1-4-5-6-7-10-29(40)37-30(22(2)3)28(39)20-24(9-8-19-35-32(34)42)31(41)36-25-13-11-23(12-14-25)21-46-33(43)47-27-17-15-26(16-18-27)38(44)45;1-9(2,3)13-8(12)11-6-4-10-5-7-11/h14-17,25,27,31H,7-13,18-24H2,1-6H3,(H,39,45)(H,40,44)(H3,37,38,46);11-18,22,24,30H,4-10,19-21H2,1-3H3,(H,36,41)(H,37,40)(H3,34,35,42);10H,4-7H2,1-3H3/t27-,31+;24-,30+;/m11./s1. The average molecular weight is 1540 g/mol. The maximum absolute atomic E-state index is 13.4. The number of carbonyl (C=O) groups excluding carboxylic acids is 12. The first-order chi connectivity index (χ1) is 52.0. The Morgan fingerprint density at radius 2 is 0.891 bits per heavy atom. The molecule has 32 heteroatoms. The van der Waals surface area contributed by atoms with Gasteiger partial charge in [0.25, 0.3) is 5.69 Å². The van der Waals surface area contributed by atoms with Crippen molar-refractivity contribution in [2.24, 2.45) is 35.1 Å². The maximum Gasteiger partial charge on any atom is 0.514 e. The zero-order valence-corrected chi connectivity index (χ0v) is 66.4. The Bertz CT molecular complexity index is 3400. The largest absolute Gasteiger partial charge is 0.514 e. The number of ketones is 2. The molecule has 0 unspecified atom stereocenters. The van der Waals surface area contributed by atoms with Gasteiger partial charge in [0.1, 0.15) is 30.2 Å². The molecule has 5 rings (SSSR count). The molecule has 0 aromatic heterocycles. The fraction of sp³-hybridized carbons (Fsp3) is 0.615. The van der Waals surface area contributed by atoms with Crippen LogP contribution in [0.1, 0.15) is 197 Å². The Labute approximate surface area is 646 Å². The van der Waals surface area contributed by atoms with Gasteiger partial charge in [-0.3, -0.25) is 38.9 Å². The quantitative estimate of drug-likeness (QED) is 0.00642. The van der Waals surface area contributed by atoms with Crippen LogP contribution in [0.4, 0.5) is 45.8 Å². The molecule has 110 heavy (non-hydrogen) atoms. The molecule has 0 aliphatic carbocycles. The van der Waals surface area contributed by atoms with Crippen LogP contribution in [0.5, 0.6) is 5.75 Å². The third-order valence-electron chi connectivity index (χ3n) is 17.2. The van der Waals surface area contributed by atoms with Crippen LogP contribution in [0.25, 0.3) is 0 Å². The summed E-state index contributed by atoms with van der Waals surface area (Å²) in [6, 6.07) is 15.5. The lowest BCUT2D eigenvalue weighted by Crippen LogP contribution is -2.51. The summed E-state index contributed by atoms with van der Waals surface area (Å²) in [6.07, 6.45) is 7.42. The number of amides is 11. The smallest absolute Gasteiger partial charge is 0.445 e. The Kier molecular flexibility index (Phi) is 42.6. The molecule has 0 saturated carbocycles. The van der Waals surface area contributed by atoms with Crippen molar-refractivity contribution in [3.63, 3.8) is 0 Å². The molecule has 32 nitrogen and oxygen atoms in total. The first-order valence-electron chi connectivity index (χ1n) is 38.1. The van der Waals surface area contributed by atoms with Crippen LogP contribution in [-0.4, -0.2) is 180 Å². The second kappa shape index (κ2) is 49.8. The molecular weight excluding hydrogens is 1420 g/mol. The van der Waals surface area contributed by atoms with Crippen LogP contribution in [0, 0.1) is 33.8 Å². The van der Waals surface area contributed by atoms with Crippen LogP contribution in [0.2, 0.25) is 0 Å². The van der Waals surface area contributed by atoms with Gasteiger partial charge in [-0.15, -0.1) is 0 Å². The lowest BCUT2D eigenvalue weighted by Gasteiger charge is -2.35. The average Bonchev–Trinajstić information content (AvgIpc) is 0.867. The van der Waals surface area contributed by atoms with Gasteiger partial charge in [0.05, 0.1) is 17.0 Å². The Hall–Kier alpha value is -10.1. The lowest BCUT2D eigenvalue weighted by molar-refractivity contribution is -0.384. The predicted molar refractivity (Wildman–Crippen MR) is 415 cm³/mol. The molecule has 11 N–H and O–H groups in total. The van der Waals surface area contributed by atoms with Gasteiger partial charge in [-0.25, -0.2) is 28.8 Å². The number of nitrogens with one attached hydrogen (secondary N) is 7. The van der Waals surface area contributed by atoms with E-state index in [9.17, 15) is 67.6 Å². The number of nitro groups is 1. The molecule has 0 spiro atoms. The number of hydrogen-bond donors (Lipinski definition) is 9. The number of nitro benzene ring substituents is 1. The van der Waals surface area contributed by atoms with Gasteiger partial charge < -0.3 is 87.1 Å². The summed E-state index contributed by atoms with van der Waals surface area (Å²) >= 11 is 0. The minimum absolute atomic E-state index is 0.0181. The molecule has 2 aliphatic rings. The number of hydrogen-bond acceptors (Lipinski definition) is 20. The summed E-state index contributed by atoms with van der Waals surface area (Å²) in [5.74, 6) is -3.32. The normalized spacial score (nSPS) is 13.9. The van der Waals surface area contributed by atoms with E-state index in [4.69, 9.17) is 35.2 Å². The van der Waals surface area contributed by atoms with Crippen molar-refractivity contribution >= 4 is 88.8 Å². The van der Waals surface area contributed by atoms with E-state index in [0.29, 0.717) is 80.8 Å². The highest BCUT2D eigenvalue weighted by Crippen LogP contribution is 2.24. The number of non-ortho nitro benzene ring substituents is 1. The van der Waals surface area contributed by atoms with E-state index in [1.165, 1.54) is 24.3 Å². The highest BCUT2D eigenvalue weighted by Gasteiger charge is 2.33. The number of rotatable bonds is 38. The van der Waals surface area contributed by atoms with Crippen molar-refractivity contribution in [3.8, 4) is 5.75 Å². The molecule has 2 aliphatic heterocycles.